The molecule has 0 spiro atoms. The quantitative estimate of drug-likeness (QED) is 0.679. The number of carbonyl (C=O) groups excluding carboxylic acids is 2. The van der Waals surface area contributed by atoms with E-state index in [-0.39, 0.29) is 18.0 Å². The van der Waals surface area contributed by atoms with Gasteiger partial charge in [0.05, 0.1) is 6.04 Å². The van der Waals surface area contributed by atoms with Gasteiger partial charge < -0.3 is 15.5 Å². The van der Waals surface area contributed by atoms with Crippen LogP contribution in [-0.4, -0.2) is 43.0 Å². The van der Waals surface area contributed by atoms with E-state index in [0.717, 1.165) is 19.3 Å². The van der Waals surface area contributed by atoms with Crippen molar-refractivity contribution in [2.24, 2.45) is 0 Å². The van der Waals surface area contributed by atoms with Crippen molar-refractivity contribution in [3.63, 3.8) is 0 Å². The van der Waals surface area contributed by atoms with Gasteiger partial charge in [-0.1, -0.05) is 19.8 Å². The molecule has 0 bridgehead atoms. The Morgan fingerprint density at radius 3 is 2.81 bits per heavy atom. The van der Waals surface area contributed by atoms with Crippen LogP contribution in [-0.2, 0) is 4.79 Å². The van der Waals surface area contributed by atoms with Gasteiger partial charge in [0.15, 0.2) is 0 Å². The SMILES string of the molecule is CCCCCNC(=O)N[C@H]1CC(=O)N(C)C1. The summed E-state index contributed by atoms with van der Waals surface area (Å²) in [5.41, 5.74) is 0. The Labute approximate surface area is 96.6 Å². The van der Waals surface area contributed by atoms with E-state index in [1.807, 2.05) is 0 Å². The number of urea groups is 1. The molecule has 0 aromatic carbocycles. The minimum atomic E-state index is -0.163. The second kappa shape index (κ2) is 6.35. The van der Waals surface area contributed by atoms with E-state index in [1.165, 1.54) is 0 Å². The lowest BCUT2D eigenvalue weighted by Crippen LogP contribution is -2.43. The van der Waals surface area contributed by atoms with Crippen LogP contribution in [0, 0.1) is 0 Å². The number of unbranched alkanes of at least 4 members (excludes halogenated alkanes) is 2. The van der Waals surface area contributed by atoms with Crippen LogP contribution < -0.4 is 10.6 Å². The molecule has 16 heavy (non-hydrogen) atoms. The Hall–Kier alpha value is -1.26. The zero-order valence-electron chi connectivity index (χ0n) is 10.1. The second-order valence-electron chi connectivity index (χ2n) is 4.28. The van der Waals surface area contributed by atoms with Crippen molar-refractivity contribution in [1.82, 2.24) is 15.5 Å². The molecule has 0 aromatic heterocycles. The summed E-state index contributed by atoms with van der Waals surface area (Å²) in [5, 5.41) is 5.60. The number of rotatable bonds is 5. The molecule has 0 saturated carbocycles. The van der Waals surface area contributed by atoms with Crippen molar-refractivity contribution in [2.45, 2.75) is 38.6 Å². The molecule has 1 heterocycles. The van der Waals surface area contributed by atoms with E-state index in [2.05, 4.69) is 17.6 Å². The van der Waals surface area contributed by atoms with Crippen LogP contribution in [0.4, 0.5) is 4.79 Å². The number of hydrogen-bond acceptors (Lipinski definition) is 2. The molecule has 1 fully saturated rings. The van der Waals surface area contributed by atoms with Gasteiger partial charge in [0.2, 0.25) is 5.91 Å². The third-order valence-electron chi connectivity index (χ3n) is 2.74. The van der Waals surface area contributed by atoms with Crippen molar-refractivity contribution >= 4 is 11.9 Å². The Kier molecular flexibility index (Phi) is 5.08. The third kappa shape index (κ3) is 4.08. The van der Waals surface area contributed by atoms with Crippen LogP contribution in [0.2, 0.25) is 0 Å². The standard InChI is InChI=1S/C11H21N3O2/c1-3-4-5-6-12-11(16)13-9-7-10(15)14(2)8-9/h9H,3-8H2,1-2H3,(H2,12,13,16)/t9-/m0/s1. The van der Waals surface area contributed by atoms with Crippen LogP contribution in [0.1, 0.15) is 32.6 Å². The normalized spacial score (nSPS) is 20.0. The molecule has 1 saturated heterocycles. The molecule has 3 amide bonds. The van der Waals surface area contributed by atoms with Crippen LogP contribution in [0.5, 0.6) is 0 Å². The average Bonchev–Trinajstić information content (AvgIpc) is 2.53. The zero-order chi connectivity index (χ0) is 12.0. The summed E-state index contributed by atoms with van der Waals surface area (Å²) in [7, 11) is 1.75. The van der Waals surface area contributed by atoms with Gasteiger partial charge in [-0.05, 0) is 6.42 Å². The molecular weight excluding hydrogens is 206 g/mol. The lowest BCUT2D eigenvalue weighted by molar-refractivity contribution is -0.126. The van der Waals surface area contributed by atoms with E-state index in [1.54, 1.807) is 11.9 Å². The van der Waals surface area contributed by atoms with Crippen molar-refractivity contribution in [3.8, 4) is 0 Å². The fourth-order valence-electron chi connectivity index (χ4n) is 1.77. The third-order valence-corrected chi connectivity index (χ3v) is 2.74. The smallest absolute Gasteiger partial charge is 0.315 e. The molecule has 5 heteroatoms. The minimum absolute atomic E-state index is 0.0383. The van der Waals surface area contributed by atoms with E-state index >= 15 is 0 Å². The highest BCUT2D eigenvalue weighted by Gasteiger charge is 2.27. The van der Waals surface area contributed by atoms with Crippen LogP contribution in [0.25, 0.3) is 0 Å². The van der Waals surface area contributed by atoms with E-state index in [0.29, 0.717) is 19.5 Å². The zero-order valence-corrected chi connectivity index (χ0v) is 10.1. The molecule has 0 unspecified atom stereocenters. The Morgan fingerprint density at radius 2 is 2.25 bits per heavy atom. The maximum atomic E-state index is 11.4. The second-order valence-corrected chi connectivity index (χ2v) is 4.28. The van der Waals surface area contributed by atoms with Crippen LogP contribution in [0.15, 0.2) is 0 Å². The molecule has 0 radical (unpaired) electrons. The molecule has 1 rings (SSSR count). The van der Waals surface area contributed by atoms with Gasteiger partial charge in [0, 0.05) is 26.6 Å². The summed E-state index contributed by atoms with van der Waals surface area (Å²) in [5.74, 6) is 0.0938. The Bertz CT molecular complexity index is 256. The molecule has 2 N–H and O–H groups in total. The first kappa shape index (κ1) is 12.8. The summed E-state index contributed by atoms with van der Waals surface area (Å²) >= 11 is 0. The van der Waals surface area contributed by atoms with Gasteiger partial charge in [-0.2, -0.15) is 0 Å². The highest BCUT2D eigenvalue weighted by atomic mass is 16.2. The van der Waals surface area contributed by atoms with E-state index < -0.39 is 0 Å². The summed E-state index contributed by atoms with van der Waals surface area (Å²) in [4.78, 5) is 24.3. The fraction of sp³-hybridized carbons (Fsp3) is 0.818. The highest BCUT2D eigenvalue weighted by molar-refractivity contribution is 5.81. The van der Waals surface area contributed by atoms with Gasteiger partial charge in [-0.25, -0.2) is 4.79 Å². The molecule has 0 aliphatic carbocycles. The molecule has 1 aliphatic heterocycles. The van der Waals surface area contributed by atoms with Crippen molar-refractivity contribution in [1.29, 1.82) is 0 Å². The van der Waals surface area contributed by atoms with Crippen LogP contribution >= 0.6 is 0 Å². The maximum absolute atomic E-state index is 11.4. The Balaban J connectivity index is 2.13. The number of amides is 3. The lowest BCUT2D eigenvalue weighted by atomic mass is 10.2. The summed E-state index contributed by atoms with van der Waals surface area (Å²) in [6.07, 6.45) is 3.70. The molecule has 1 aliphatic rings. The van der Waals surface area contributed by atoms with E-state index in [4.69, 9.17) is 0 Å². The molecule has 0 aromatic rings. The largest absolute Gasteiger partial charge is 0.344 e. The van der Waals surface area contributed by atoms with Gasteiger partial charge in [-0.3, -0.25) is 4.79 Å². The first-order valence-corrected chi connectivity index (χ1v) is 5.91. The van der Waals surface area contributed by atoms with Crippen molar-refractivity contribution < 1.29 is 9.59 Å². The number of likely N-dealkylation sites (N-methyl/N-ethyl adjacent to an activating group) is 1. The summed E-state index contributed by atoms with van der Waals surface area (Å²) in [6, 6.07) is -0.201. The van der Waals surface area contributed by atoms with E-state index in [9.17, 15) is 9.59 Å². The maximum Gasteiger partial charge on any atom is 0.315 e. The van der Waals surface area contributed by atoms with Crippen molar-refractivity contribution in [3.05, 3.63) is 0 Å². The predicted molar refractivity (Wildman–Crippen MR) is 62.1 cm³/mol. The lowest BCUT2D eigenvalue weighted by Gasteiger charge is -2.13. The molecular formula is C11H21N3O2. The van der Waals surface area contributed by atoms with Gasteiger partial charge >= 0.3 is 6.03 Å². The molecule has 1 atom stereocenters. The first-order valence-electron chi connectivity index (χ1n) is 5.91. The number of likely N-dealkylation sites (tertiary alicyclic amines) is 1. The number of carbonyl (C=O) groups is 2. The van der Waals surface area contributed by atoms with Gasteiger partial charge in [-0.15, -0.1) is 0 Å². The topological polar surface area (TPSA) is 61.4 Å². The van der Waals surface area contributed by atoms with Crippen molar-refractivity contribution in [2.75, 3.05) is 20.1 Å². The number of nitrogens with one attached hydrogen (secondary N) is 2. The van der Waals surface area contributed by atoms with Crippen LogP contribution in [0.3, 0.4) is 0 Å². The minimum Gasteiger partial charge on any atom is -0.344 e. The molecule has 5 nitrogen and oxygen atoms in total. The summed E-state index contributed by atoms with van der Waals surface area (Å²) in [6.45, 7) is 3.44. The highest BCUT2D eigenvalue weighted by Crippen LogP contribution is 2.07. The van der Waals surface area contributed by atoms with Gasteiger partial charge in [0.1, 0.15) is 0 Å². The number of hydrogen-bond donors (Lipinski definition) is 2. The Morgan fingerprint density at radius 1 is 1.50 bits per heavy atom. The van der Waals surface area contributed by atoms with Gasteiger partial charge in [0.25, 0.3) is 0 Å². The number of nitrogens with zero attached hydrogens (tertiary/aromatic N) is 1. The monoisotopic (exact) mass is 227 g/mol. The predicted octanol–water partition coefficient (Wildman–Crippen LogP) is 0.707. The first-order chi connectivity index (χ1) is 7.63. The average molecular weight is 227 g/mol. The summed E-state index contributed by atoms with van der Waals surface area (Å²) < 4.78 is 0. The fourth-order valence-corrected chi connectivity index (χ4v) is 1.77. The molecule has 92 valence electrons.